The fourth-order valence-electron chi connectivity index (χ4n) is 0.893. The van der Waals surface area contributed by atoms with Crippen molar-refractivity contribution in [3.8, 4) is 0 Å². The number of alkyl halides is 6. The number of aromatic nitrogens is 2. The van der Waals surface area contributed by atoms with Crippen LogP contribution in [-0.2, 0) is 6.18 Å². The number of rotatable bonds is 4. The summed E-state index contributed by atoms with van der Waals surface area (Å²) in [5.41, 5.74) is 0. The van der Waals surface area contributed by atoms with Gasteiger partial charge in [0.25, 0.3) is 0 Å². The Bertz CT molecular complexity index is 357. The molecule has 0 aliphatic carbocycles. The van der Waals surface area contributed by atoms with Crippen LogP contribution in [0.1, 0.15) is 17.8 Å². The lowest BCUT2D eigenvalue weighted by molar-refractivity contribution is -0.138. The molecule has 1 aromatic heterocycles. The maximum atomic E-state index is 12.1. The van der Waals surface area contributed by atoms with Crippen molar-refractivity contribution in [2.45, 2.75) is 25.2 Å². The summed E-state index contributed by atoms with van der Waals surface area (Å²) in [6.07, 6.45) is -10.1. The Morgan fingerprint density at radius 2 is 1.71 bits per heavy atom. The summed E-state index contributed by atoms with van der Waals surface area (Å²) in [4.78, 5) is 0. The summed E-state index contributed by atoms with van der Waals surface area (Å²) < 4.78 is 71.5. The lowest BCUT2D eigenvalue weighted by Gasteiger charge is -2.05. The van der Waals surface area contributed by atoms with Gasteiger partial charge in [-0.25, -0.2) is 0 Å². The summed E-state index contributed by atoms with van der Waals surface area (Å²) in [5, 5.41) is 7.13. The number of nitrogens with one attached hydrogen (secondary N) is 1. The molecule has 0 aliphatic rings. The zero-order valence-corrected chi connectivity index (χ0v) is 9.01. The van der Waals surface area contributed by atoms with E-state index >= 15 is 0 Å². The Morgan fingerprint density at radius 1 is 1.06 bits per heavy atom. The molecular formula is C7H7F6N3S. The fourth-order valence-corrected chi connectivity index (χ4v) is 1.53. The molecule has 1 aromatic rings. The van der Waals surface area contributed by atoms with Gasteiger partial charge in [-0.1, -0.05) is 11.3 Å². The van der Waals surface area contributed by atoms with Gasteiger partial charge in [0.05, 0.1) is 0 Å². The molecule has 0 aliphatic heterocycles. The van der Waals surface area contributed by atoms with Crippen LogP contribution in [0.4, 0.5) is 31.5 Å². The SMILES string of the molecule is FC(F)(F)CCCNc1nnc(C(F)(F)F)s1. The third-order valence-corrected chi connectivity index (χ3v) is 2.51. The van der Waals surface area contributed by atoms with E-state index < -0.39 is 23.8 Å². The zero-order chi connectivity index (χ0) is 13.1. The van der Waals surface area contributed by atoms with E-state index in [0.717, 1.165) is 0 Å². The highest BCUT2D eigenvalue weighted by Crippen LogP contribution is 2.33. The Hall–Kier alpha value is -1.06. The van der Waals surface area contributed by atoms with Crippen molar-refractivity contribution in [3.05, 3.63) is 5.01 Å². The van der Waals surface area contributed by atoms with E-state index in [1.165, 1.54) is 0 Å². The molecule has 0 fully saturated rings. The number of hydrogen-bond donors (Lipinski definition) is 1. The average Bonchev–Trinajstić information content (AvgIpc) is 2.58. The standard InChI is InChI=1S/C7H7F6N3S/c8-6(9,10)2-1-3-14-5-16-15-4(17-5)7(11,12)13/h1-3H2,(H,14,16). The van der Waals surface area contributed by atoms with Gasteiger partial charge in [-0.15, -0.1) is 10.2 Å². The Labute approximate surface area is 95.8 Å². The van der Waals surface area contributed by atoms with Gasteiger partial charge < -0.3 is 5.32 Å². The second-order valence-corrected chi connectivity index (χ2v) is 4.03. The molecule has 1 N–H and O–H groups in total. The molecule has 1 rings (SSSR count). The van der Waals surface area contributed by atoms with E-state index in [9.17, 15) is 26.3 Å². The van der Waals surface area contributed by atoms with Gasteiger partial charge in [0.1, 0.15) is 0 Å². The molecule has 3 nitrogen and oxygen atoms in total. The number of nitrogens with zero attached hydrogens (tertiary/aromatic N) is 2. The van der Waals surface area contributed by atoms with Crippen molar-refractivity contribution in [2.24, 2.45) is 0 Å². The van der Waals surface area contributed by atoms with E-state index in [1.807, 2.05) is 0 Å². The van der Waals surface area contributed by atoms with Gasteiger partial charge in [-0.3, -0.25) is 0 Å². The molecule has 0 saturated heterocycles. The van der Waals surface area contributed by atoms with Gasteiger partial charge >= 0.3 is 12.4 Å². The summed E-state index contributed by atoms with van der Waals surface area (Å²) >= 11 is 0.258. The summed E-state index contributed by atoms with van der Waals surface area (Å²) in [7, 11) is 0. The molecule has 98 valence electrons. The predicted molar refractivity (Wildman–Crippen MR) is 48.7 cm³/mol. The van der Waals surface area contributed by atoms with E-state index in [4.69, 9.17) is 0 Å². The summed E-state index contributed by atoms with van der Waals surface area (Å²) in [6, 6.07) is 0. The third-order valence-electron chi connectivity index (χ3n) is 1.58. The van der Waals surface area contributed by atoms with E-state index in [0.29, 0.717) is 0 Å². The van der Waals surface area contributed by atoms with Gasteiger partial charge in [0.15, 0.2) is 0 Å². The normalized spacial score (nSPS) is 12.8. The molecule has 0 radical (unpaired) electrons. The first kappa shape index (κ1) is 14.0. The maximum Gasteiger partial charge on any atom is 0.445 e. The summed E-state index contributed by atoms with van der Waals surface area (Å²) in [6.45, 7) is -0.105. The van der Waals surface area contributed by atoms with Crippen LogP contribution in [0.25, 0.3) is 0 Å². The molecule has 1 heterocycles. The molecule has 0 saturated carbocycles. The second-order valence-electron chi connectivity index (χ2n) is 3.06. The maximum absolute atomic E-state index is 12.1. The third kappa shape index (κ3) is 5.20. The van der Waals surface area contributed by atoms with Crippen molar-refractivity contribution in [3.63, 3.8) is 0 Å². The molecule has 0 aromatic carbocycles. The van der Waals surface area contributed by atoms with Crippen LogP contribution >= 0.6 is 11.3 Å². The Balaban J connectivity index is 2.36. The van der Waals surface area contributed by atoms with E-state index in [-0.39, 0.29) is 29.4 Å². The second kappa shape index (κ2) is 5.07. The monoisotopic (exact) mass is 279 g/mol. The van der Waals surface area contributed by atoms with Crippen LogP contribution in [0, 0.1) is 0 Å². The first-order valence-electron chi connectivity index (χ1n) is 4.40. The molecule has 10 heteroatoms. The number of anilines is 1. The quantitative estimate of drug-likeness (QED) is 0.678. The van der Waals surface area contributed by atoms with Crippen LogP contribution in [-0.4, -0.2) is 22.9 Å². The molecule has 0 spiro atoms. The molecule has 17 heavy (non-hydrogen) atoms. The van der Waals surface area contributed by atoms with Gasteiger partial charge in [-0.2, -0.15) is 26.3 Å². The van der Waals surface area contributed by atoms with Crippen LogP contribution in [0.5, 0.6) is 0 Å². The highest BCUT2D eigenvalue weighted by molar-refractivity contribution is 7.15. The van der Waals surface area contributed by atoms with Gasteiger partial charge in [-0.05, 0) is 6.42 Å². The van der Waals surface area contributed by atoms with Gasteiger partial charge in [0, 0.05) is 13.0 Å². The summed E-state index contributed by atoms with van der Waals surface area (Å²) in [5.74, 6) is 0. The van der Waals surface area contributed by atoms with Crippen molar-refractivity contribution in [2.75, 3.05) is 11.9 Å². The number of hydrogen-bond acceptors (Lipinski definition) is 4. The van der Waals surface area contributed by atoms with Crippen LogP contribution in [0.15, 0.2) is 0 Å². The number of halogens is 6. The highest BCUT2D eigenvalue weighted by atomic mass is 32.1. The molecule has 0 amide bonds. The first-order valence-corrected chi connectivity index (χ1v) is 5.21. The topological polar surface area (TPSA) is 37.8 Å². The molecule has 0 bridgehead atoms. The lowest BCUT2D eigenvalue weighted by atomic mass is 10.3. The van der Waals surface area contributed by atoms with Crippen molar-refractivity contribution < 1.29 is 26.3 Å². The zero-order valence-electron chi connectivity index (χ0n) is 8.19. The Kier molecular flexibility index (Phi) is 4.17. The van der Waals surface area contributed by atoms with E-state index in [2.05, 4.69) is 15.5 Å². The van der Waals surface area contributed by atoms with Crippen molar-refractivity contribution >= 4 is 16.5 Å². The lowest BCUT2D eigenvalue weighted by Crippen LogP contribution is -2.10. The minimum Gasteiger partial charge on any atom is -0.360 e. The van der Waals surface area contributed by atoms with Crippen LogP contribution in [0.2, 0.25) is 0 Å². The molecular weight excluding hydrogens is 272 g/mol. The molecule has 0 unspecified atom stereocenters. The highest BCUT2D eigenvalue weighted by Gasteiger charge is 2.35. The smallest absolute Gasteiger partial charge is 0.360 e. The van der Waals surface area contributed by atoms with E-state index in [1.54, 1.807) is 0 Å². The van der Waals surface area contributed by atoms with Crippen molar-refractivity contribution in [1.29, 1.82) is 0 Å². The van der Waals surface area contributed by atoms with Gasteiger partial charge in [0.2, 0.25) is 10.1 Å². The minimum atomic E-state index is -4.58. The van der Waals surface area contributed by atoms with Crippen molar-refractivity contribution in [1.82, 2.24) is 10.2 Å². The minimum absolute atomic E-state index is 0.105. The largest absolute Gasteiger partial charge is 0.445 e. The first-order chi connectivity index (χ1) is 7.68. The molecule has 0 atom stereocenters. The Morgan fingerprint density at radius 3 is 2.18 bits per heavy atom. The fraction of sp³-hybridized carbons (Fsp3) is 0.714. The van der Waals surface area contributed by atoms with Crippen LogP contribution in [0.3, 0.4) is 0 Å². The predicted octanol–water partition coefficient (Wildman–Crippen LogP) is 3.31. The van der Waals surface area contributed by atoms with Crippen LogP contribution < -0.4 is 5.32 Å². The average molecular weight is 279 g/mol.